The lowest BCUT2D eigenvalue weighted by atomic mass is 9.66. The maximum absolute atomic E-state index is 11.7. The number of benzene rings is 1. The van der Waals surface area contributed by atoms with Crippen molar-refractivity contribution in [1.29, 1.82) is 0 Å². The van der Waals surface area contributed by atoms with Gasteiger partial charge in [0.2, 0.25) is 0 Å². The van der Waals surface area contributed by atoms with Crippen LogP contribution in [0.4, 0.5) is 0 Å². The molecule has 2 aliphatic carbocycles. The van der Waals surface area contributed by atoms with Gasteiger partial charge in [-0.3, -0.25) is 0 Å². The molecule has 3 nitrogen and oxygen atoms in total. The Kier molecular flexibility index (Phi) is 4.41. The van der Waals surface area contributed by atoms with Gasteiger partial charge in [0.15, 0.2) is 0 Å². The van der Waals surface area contributed by atoms with Crippen molar-refractivity contribution in [3.05, 3.63) is 28.8 Å². The lowest BCUT2D eigenvalue weighted by Crippen LogP contribution is -2.47. The van der Waals surface area contributed by atoms with E-state index in [0.29, 0.717) is 16.9 Å². The number of hydrogen-bond donors (Lipinski definition) is 1. The molecule has 4 heteroatoms. The minimum atomic E-state index is -0.847. The Morgan fingerprint density at radius 2 is 2.14 bits per heavy atom. The third-order valence-corrected chi connectivity index (χ3v) is 5.90. The highest BCUT2D eigenvalue weighted by Gasteiger charge is 2.52. The number of nitrogens with zero attached hydrogens (tertiary/aromatic N) is 1. The zero-order chi connectivity index (χ0) is 15.9. The smallest absolute Gasteiger partial charge is 0.119 e. The quantitative estimate of drug-likeness (QED) is 0.920. The first-order valence-electron chi connectivity index (χ1n) is 8.15. The van der Waals surface area contributed by atoms with Crippen LogP contribution >= 0.6 is 11.6 Å². The van der Waals surface area contributed by atoms with Gasteiger partial charge in [0.25, 0.3) is 0 Å². The summed E-state index contributed by atoms with van der Waals surface area (Å²) in [5.74, 6) is 2.20. The Morgan fingerprint density at radius 3 is 2.82 bits per heavy atom. The van der Waals surface area contributed by atoms with Crippen LogP contribution in [-0.2, 0) is 5.60 Å². The van der Waals surface area contributed by atoms with E-state index in [0.717, 1.165) is 24.3 Å². The van der Waals surface area contributed by atoms with Crippen LogP contribution in [0.5, 0.6) is 5.75 Å². The summed E-state index contributed by atoms with van der Waals surface area (Å²) in [6.07, 6.45) is 4.53. The van der Waals surface area contributed by atoms with Crippen LogP contribution in [0, 0.1) is 17.8 Å². The number of ether oxygens (including phenoxy) is 1. The fourth-order valence-electron chi connectivity index (χ4n) is 4.61. The number of hydrogen-bond acceptors (Lipinski definition) is 3. The molecule has 2 aliphatic rings. The van der Waals surface area contributed by atoms with Gasteiger partial charge in [0, 0.05) is 23.0 Å². The number of rotatable bonds is 4. The SMILES string of the molecule is COc1ccc(Cl)c([C@@]2(O)C[C@@H]3CC[C@@H](C3)C2CN(C)C)c1. The standard InChI is InChI=1S/C18H26ClNO2/c1-20(2)11-16-13-5-4-12(8-13)10-18(16,21)15-9-14(22-3)6-7-17(15)19/h6-7,9,12-13,16,21H,4-5,8,10-11H2,1-3H3/t12-,13+,16?,18+/m1/s1. The van der Waals surface area contributed by atoms with E-state index in [9.17, 15) is 5.11 Å². The molecule has 0 heterocycles. The fourth-order valence-corrected chi connectivity index (χ4v) is 4.89. The Labute approximate surface area is 138 Å². The first kappa shape index (κ1) is 16.1. The summed E-state index contributed by atoms with van der Waals surface area (Å²) in [6, 6.07) is 5.63. The van der Waals surface area contributed by atoms with E-state index < -0.39 is 5.60 Å². The van der Waals surface area contributed by atoms with E-state index in [1.165, 1.54) is 19.3 Å². The third kappa shape index (κ3) is 2.75. The second-order valence-corrected chi connectivity index (χ2v) is 7.69. The third-order valence-electron chi connectivity index (χ3n) is 5.57. The fraction of sp³-hybridized carbons (Fsp3) is 0.667. The molecule has 22 heavy (non-hydrogen) atoms. The molecule has 4 atom stereocenters. The average Bonchev–Trinajstić information content (AvgIpc) is 2.87. The van der Waals surface area contributed by atoms with Gasteiger partial charge >= 0.3 is 0 Å². The summed E-state index contributed by atoms with van der Waals surface area (Å²) in [7, 11) is 5.81. The molecule has 2 bridgehead atoms. The molecule has 0 amide bonds. The number of methoxy groups -OCH3 is 1. The Balaban J connectivity index is 2.04. The van der Waals surface area contributed by atoms with Gasteiger partial charge in [0.05, 0.1) is 12.7 Å². The summed E-state index contributed by atoms with van der Waals surface area (Å²) in [4.78, 5) is 2.18. The summed E-state index contributed by atoms with van der Waals surface area (Å²) in [5.41, 5.74) is -0.00283. The van der Waals surface area contributed by atoms with Crippen LogP contribution in [0.1, 0.15) is 31.2 Å². The van der Waals surface area contributed by atoms with Crippen LogP contribution in [-0.4, -0.2) is 37.8 Å². The van der Waals surface area contributed by atoms with Gasteiger partial charge in [0.1, 0.15) is 5.75 Å². The van der Waals surface area contributed by atoms with Gasteiger partial charge in [-0.05, 0) is 63.4 Å². The van der Waals surface area contributed by atoms with Gasteiger partial charge in [-0.15, -0.1) is 0 Å². The van der Waals surface area contributed by atoms with Crippen molar-refractivity contribution in [3.63, 3.8) is 0 Å². The van der Waals surface area contributed by atoms with E-state index in [2.05, 4.69) is 19.0 Å². The molecule has 1 aromatic carbocycles. The van der Waals surface area contributed by atoms with E-state index in [-0.39, 0.29) is 5.92 Å². The first-order valence-corrected chi connectivity index (χ1v) is 8.53. The Morgan fingerprint density at radius 1 is 1.36 bits per heavy atom. The molecule has 2 saturated carbocycles. The monoisotopic (exact) mass is 323 g/mol. The summed E-state index contributed by atoms with van der Waals surface area (Å²) in [6.45, 7) is 0.890. The molecule has 122 valence electrons. The molecule has 0 aliphatic heterocycles. The summed E-state index contributed by atoms with van der Waals surface area (Å²) >= 11 is 6.46. The molecule has 1 N–H and O–H groups in total. The second kappa shape index (κ2) is 6.03. The van der Waals surface area contributed by atoms with Crippen molar-refractivity contribution >= 4 is 11.6 Å². The molecule has 0 saturated heterocycles. The summed E-state index contributed by atoms with van der Waals surface area (Å²) < 4.78 is 5.35. The second-order valence-electron chi connectivity index (χ2n) is 7.28. The first-order chi connectivity index (χ1) is 10.4. The van der Waals surface area contributed by atoms with Gasteiger partial charge in [-0.1, -0.05) is 18.0 Å². The lowest BCUT2D eigenvalue weighted by Gasteiger charge is -2.46. The van der Waals surface area contributed by atoms with E-state index >= 15 is 0 Å². The summed E-state index contributed by atoms with van der Waals surface area (Å²) in [5, 5.41) is 12.3. The van der Waals surface area contributed by atoms with E-state index in [1.807, 2.05) is 18.2 Å². The molecule has 0 radical (unpaired) electrons. The number of fused-ring (bicyclic) bond motifs is 2. The zero-order valence-corrected chi connectivity index (χ0v) is 14.4. The minimum absolute atomic E-state index is 0.228. The zero-order valence-electron chi connectivity index (χ0n) is 13.7. The van der Waals surface area contributed by atoms with Gasteiger partial charge in [-0.25, -0.2) is 0 Å². The highest BCUT2D eigenvalue weighted by atomic mass is 35.5. The van der Waals surface area contributed by atoms with E-state index in [1.54, 1.807) is 7.11 Å². The van der Waals surface area contributed by atoms with Crippen LogP contribution < -0.4 is 4.74 Å². The van der Waals surface area contributed by atoms with Crippen LogP contribution in [0.15, 0.2) is 18.2 Å². The van der Waals surface area contributed by atoms with Crippen LogP contribution in [0.3, 0.4) is 0 Å². The van der Waals surface area contributed by atoms with E-state index in [4.69, 9.17) is 16.3 Å². The Hall–Kier alpha value is -0.770. The molecular formula is C18H26ClNO2. The molecule has 0 spiro atoms. The van der Waals surface area contributed by atoms with Crippen LogP contribution in [0.25, 0.3) is 0 Å². The lowest BCUT2D eigenvalue weighted by molar-refractivity contribution is -0.0891. The number of aliphatic hydroxyl groups is 1. The van der Waals surface area contributed by atoms with Gasteiger partial charge < -0.3 is 14.7 Å². The van der Waals surface area contributed by atoms with Crippen molar-refractivity contribution in [2.75, 3.05) is 27.7 Å². The molecule has 1 aromatic rings. The molecule has 3 rings (SSSR count). The topological polar surface area (TPSA) is 32.7 Å². The van der Waals surface area contributed by atoms with Crippen molar-refractivity contribution < 1.29 is 9.84 Å². The maximum Gasteiger partial charge on any atom is 0.119 e. The average molecular weight is 324 g/mol. The highest BCUT2D eigenvalue weighted by Crippen LogP contribution is 2.55. The predicted molar refractivity (Wildman–Crippen MR) is 89.4 cm³/mol. The number of halogens is 1. The molecular weight excluding hydrogens is 298 g/mol. The van der Waals surface area contributed by atoms with Crippen molar-refractivity contribution in [1.82, 2.24) is 4.90 Å². The normalized spacial score (nSPS) is 34.2. The van der Waals surface area contributed by atoms with Crippen molar-refractivity contribution in [2.24, 2.45) is 17.8 Å². The molecule has 2 fully saturated rings. The van der Waals surface area contributed by atoms with Gasteiger partial charge in [-0.2, -0.15) is 0 Å². The van der Waals surface area contributed by atoms with Crippen molar-refractivity contribution in [2.45, 2.75) is 31.3 Å². The van der Waals surface area contributed by atoms with Crippen LogP contribution in [0.2, 0.25) is 5.02 Å². The molecule has 1 unspecified atom stereocenters. The highest BCUT2D eigenvalue weighted by molar-refractivity contribution is 6.31. The maximum atomic E-state index is 11.7. The molecule has 0 aromatic heterocycles. The largest absolute Gasteiger partial charge is 0.497 e. The minimum Gasteiger partial charge on any atom is -0.497 e. The Bertz CT molecular complexity index is 548. The van der Waals surface area contributed by atoms with Crippen molar-refractivity contribution in [3.8, 4) is 5.75 Å². The predicted octanol–water partition coefficient (Wildman–Crippen LogP) is 3.53.